The summed E-state index contributed by atoms with van der Waals surface area (Å²) >= 11 is 0. The van der Waals surface area contributed by atoms with Gasteiger partial charge in [-0.15, -0.1) is 0 Å². The van der Waals surface area contributed by atoms with E-state index in [1.807, 2.05) is 42.6 Å². The molecule has 0 fully saturated rings. The van der Waals surface area contributed by atoms with Gasteiger partial charge < -0.3 is 19.8 Å². The van der Waals surface area contributed by atoms with Gasteiger partial charge in [-0.1, -0.05) is 18.2 Å². The number of methoxy groups -OCH3 is 2. The fraction of sp³-hybridized carbons (Fsp3) is 0.190. The third-order valence-electron chi connectivity index (χ3n) is 4.22. The first-order valence-corrected chi connectivity index (χ1v) is 8.44. The fourth-order valence-electron chi connectivity index (χ4n) is 2.85. The molecule has 134 valence electrons. The van der Waals surface area contributed by atoms with Gasteiger partial charge in [0.15, 0.2) is 0 Å². The van der Waals surface area contributed by atoms with Gasteiger partial charge >= 0.3 is 0 Å². The number of para-hydroxylation sites is 1. The molecule has 0 atom stereocenters. The lowest BCUT2D eigenvalue weighted by Gasteiger charge is -2.07. The molecule has 0 aliphatic carbocycles. The number of hydrogen-bond donors (Lipinski definition) is 2. The molecule has 0 radical (unpaired) electrons. The standard InChI is InChI=1S/C21H22N2O3/c1-25-17-8-9-20(26-2)15(13-17)7-10-21(24)22-12-11-16-14-23-19-6-4-3-5-18(16)19/h3-10,13-14,23H,11-12H2,1-2H3,(H,22,24)/b10-7+. The van der Waals surface area contributed by atoms with E-state index in [-0.39, 0.29) is 5.91 Å². The maximum atomic E-state index is 12.1. The van der Waals surface area contributed by atoms with Crippen LogP contribution >= 0.6 is 0 Å². The van der Waals surface area contributed by atoms with Crippen molar-refractivity contribution >= 4 is 22.9 Å². The molecule has 2 N–H and O–H groups in total. The molecule has 1 aromatic heterocycles. The van der Waals surface area contributed by atoms with E-state index >= 15 is 0 Å². The van der Waals surface area contributed by atoms with Gasteiger partial charge in [0.2, 0.25) is 5.91 Å². The molecule has 3 aromatic rings. The molecule has 2 aromatic carbocycles. The van der Waals surface area contributed by atoms with Crippen molar-refractivity contribution in [2.24, 2.45) is 0 Å². The summed E-state index contributed by atoms with van der Waals surface area (Å²) in [4.78, 5) is 15.3. The van der Waals surface area contributed by atoms with Gasteiger partial charge in [-0.05, 0) is 42.3 Å². The Labute approximate surface area is 152 Å². The highest BCUT2D eigenvalue weighted by Gasteiger charge is 2.05. The summed E-state index contributed by atoms with van der Waals surface area (Å²) in [7, 11) is 3.20. The van der Waals surface area contributed by atoms with E-state index in [0.29, 0.717) is 18.0 Å². The molecule has 0 saturated carbocycles. The highest BCUT2D eigenvalue weighted by Crippen LogP contribution is 2.25. The van der Waals surface area contributed by atoms with Gasteiger partial charge in [0, 0.05) is 35.3 Å². The Hall–Kier alpha value is -3.21. The quantitative estimate of drug-likeness (QED) is 0.641. The first-order chi connectivity index (χ1) is 12.7. The van der Waals surface area contributed by atoms with Crippen molar-refractivity contribution in [2.45, 2.75) is 6.42 Å². The van der Waals surface area contributed by atoms with E-state index in [1.54, 1.807) is 20.3 Å². The summed E-state index contributed by atoms with van der Waals surface area (Å²) in [6, 6.07) is 13.6. The van der Waals surface area contributed by atoms with Crippen molar-refractivity contribution in [1.82, 2.24) is 10.3 Å². The highest BCUT2D eigenvalue weighted by molar-refractivity contribution is 5.92. The van der Waals surface area contributed by atoms with Crippen LogP contribution < -0.4 is 14.8 Å². The average molecular weight is 350 g/mol. The molecular weight excluding hydrogens is 328 g/mol. The molecule has 26 heavy (non-hydrogen) atoms. The predicted octanol–water partition coefficient (Wildman–Crippen LogP) is 3.56. The number of ether oxygens (including phenoxy) is 2. The first-order valence-electron chi connectivity index (χ1n) is 8.44. The van der Waals surface area contributed by atoms with Crippen molar-refractivity contribution in [1.29, 1.82) is 0 Å². The number of aromatic amines is 1. The Morgan fingerprint density at radius 1 is 1.15 bits per heavy atom. The second kappa shape index (κ2) is 8.25. The zero-order valence-electron chi connectivity index (χ0n) is 14.9. The Balaban J connectivity index is 1.58. The minimum absolute atomic E-state index is 0.144. The summed E-state index contributed by atoms with van der Waals surface area (Å²) in [5.41, 5.74) is 3.09. The van der Waals surface area contributed by atoms with Crippen LogP contribution in [0.1, 0.15) is 11.1 Å². The van der Waals surface area contributed by atoms with Gasteiger partial charge in [-0.3, -0.25) is 4.79 Å². The van der Waals surface area contributed by atoms with Gasteiger partial charge in [0.05, 0.1) is 14.2 Å². The summed E-state index contributed by atoms with van der Waals surface area (Å²) in [5, 5.41) is 4.10. The largest absolute Gasteiger partial charge is 0.497 e. The zero-order chi connectivity index (χ0) is 18.4. The van der Waals surface area contributed by atoms with E-state index in [2.05, 4.69) is 16.4 Å². The van der Waals surface area contributed by atoms with Crippen LogP contribution in [0.15, 0.2) is 54.7 Å². The number of amides is 1. The second-order valence-electron chi connectivity index (χ2n) is 5.84. The van der Waals surface area contributed by atoms with Crippen LogP contribution in [0.5, 0.6) is 11.5 Å². The lowest BCUT2D eigenvalue weighted by molar-refractivity contribution is -0.116. The van der Waals surface area contributed by atoms with Crippen molar-refractivity contribution < 1.29 is 14.3 Å². The van der Waals surface area contributed by atoms with E-state index in [4.69, 9.17) is 9.47 Å². The molecule has 0 unspecified atom stereocenters. The van der Waals surface area contributed by atoms with Gasteiger partial charge in [-0.2, -0.15) is 0 Å². The Morgan fingerprint density at radius 3 is 2.81 bits per heavy atom. The van der Waals surface area contributed by atoms with E-state index in [1.165, 1.54) is 17.0 Å². The molecule has 0 bridgehead atoms. The van der Waals surface area contributed by atoms with Crippen molar-refractivity contribution in [2.75, 3.05) is 20.8 Å². The molecule has 3 rings (SSSR count). The Kier molecular flexibility index (Phi) is 5.59. The maximum Gasteiger partial charge on any atom is 0.244 e. The fourth-order valence-corrected chi connectivity index (χ4v) is 2.85. The molecule has 1 amide bonds. The molecule has 0 saturated heterocycles. The number of H-pyrrole nitrogens is 1. The topological polar surface area (TPSA) is 63.4 Å². The summed E-state index contributed by atoms with van der Waals surface area (Å²) in [6.45, 7) is 0.570. The lowest BCUT2D eigenvalue weighted by Crippen LogP contribution is -2.23. The molecule has 5 nitrogen and oxygen atoms in total. The SMILES string of the molecule is COc1ccc(OC)c(/C=C/C(=O)NCCc2c[nH]c3ccccc23)c1. The van der Waals surface area contributed by atoms with E-state index in [9.17, 15) is 4.79 Å². The van der Waals surface area contributed by atoms with Crippen LogP contribution in [0, 0.1) is 0 Å². The second-order valence-corrected chi connectivity index (χ2v) is 5.84. The van der Waals surface area contributed by atoms with Crippen LogP contribution in [0.2, 0.25) is 0 Å². The van der Waals surface area contributed by atoms with Crippen LogP contribution in [-0.2, 0) is 11.2 Å². The molecule has 0 aliphatic rings. The number of fused-ring (bicyclic) bond motifs is 1. The van der Waals surface area contributed by atoms with Crippen molar-refractivity contribution in [3.8, 4) is 11.5 Å². The normalized spacial score (nSPS) is 11.0. The van der Waals surface area contributed by atoms with Crippen LogP contribution in [0.4, 0.5) is 0 Å². The third-order valence-corrected chi connectivity index (χ3v) is 4.22. The minimum atomic E-state index is -0.144. The Morgan fingerprint density at radius 2 is 2.00 bits per heavy atom. The van der Waals surface area contributed by atoms with Crippen molar-refractivity contribution in [3.05, 3.63) is 65.9 Å². The zero-order valence-corrected chi connectivity index (χ0v) is 14.9. The minimum Gasteiger partial charge on any atom is -0.497 e. The summed E-state index contributed by atoms with van der Waals surface area (Å²) in [5.74, 6) is 1.26. The smallest absolute Gasteiger partial charge is 0.244 e. The van der Waals surface area contributed by atoms with Gasteiger partial charge in [0.1, 0.15) is 11.5 Å². The molecular formula is C21H22N2O3. The molecule has 0 spiro atoms. The number of benzene rings is 2. The third kappa shape index (κ3) is 4.06. The highest BCUT2D eigenvalue weighted by atomic mass is 16.5. The predicted molar refractivity (Wildman–Crippen MR) is 104 cm³/mol. The molecule has 1 heterocycles. The number of nitrogens with one attached hydrogen (secondary N) is 2. The number of rotatable bonds is 7. The number of carbonyl (C=O) groups excluding carboxylic acids is 1. The number of carbonyl (C=O) groups is 1. The number of aromatic nitrogens is 1. The van der Waals surface area contributed by atoms with E-state index < -0.39 is 0 Å². The first kappa shape index (κ1) is 17.6. The average Bonchev–Trinajstić information content (AvgIpc) is 3.09. The monoisotopic (exact) mass is 350 g/mol. The lowest BCUT2D eigenvalue weighted by atomic mass is 10.1. The molecule has 5 heteroatoms. The van der Waals surface area contributed by atoms with Crippen LogP contribution in [-0.4, -0.2) is 31.7 Å². The number of hydrogen-bond acceptors (Lipinski definition) is 3. The van der Waals surface area contributed by atoms with Crippen LogP contribution in [0.3, 0.4) is 0 Å². The summed E-state index contributed by atoms with van der Waals surface area (Å²) in [6.07, 6.45) is 5.99. The molecule has 0 aliphatic heterocycles. The van der Waals surface area contributed by atoms with Crippen molar-refractivity contribution in [3.63, 3.8) is 0 Å². The Bertz CT molecular complexity index is 928. The van der Waals surface area contributed by atoms with E-state index in [0.717, 1.165) is 17.5 Å². The summed E-state index contributed by atoms with van der Waals surface area (Å²) < 4.78 is 10.5. The van der Waals surface area contributed by atoms with Gasteiger partial charge in [0.25, 0.3) is 0 Å². The van der Waals surface area contributed by atoms with Gasteiger partial charge in [-0.25, -0.2) is 0 Å². The maximum absolute atomic E-state index is 12.1. The van der Waals surface area contributed by atoms with Crippen LogP contribution in [0.25, 0.3) is 17.0 Å².